The predicted molar refractivity (Wildman–Crippen MR) is 76.9 cm³/mol. The summed E-state index contributed by atoms with van der Waals surface area (Å²) in [6, 6.07) is 11.2. The van der Waals surface area contributed by atoms with Crippen molar-refractivity contribution in [3.8, 4) is 11.4 Å². The average molecular weight is 257 g/mol. The van der Waals surface area contributed by atoms with Gasteiger partial charge in [-0.25, -0.2) is 4.98 Å². The van der Waals surface area contributed by atoms with Gasteiger partial charge in [-0.2, -0.15) is 0 Å². The van der Waals surface area contributed by atoms with Gasteiger partial charge in [0.2, 0.25) is 0 Å². The molecule has 4 nitrogen and oxygen atoms in total. The van der Waals surface area contributed by atoms with E-state index in [9.17, 15) is 4.79 Å². The van der Waals surface area contributed by atoms with Crippen LogP contribution in [0.5, 0.6) is 0 Å². The summed E-state index contributed by atoms with van der Waals surface area (Å²) in [6.45, 7) is 6.82. The summed E-state index contributed by atoms with van der Waals surface area (Å²) in [5, 5.41) is 3.33. The number of aromatic nitrogens is 2. The number of H-pyrrole nitrogens is 1. The molecule has 0 atom stereocenters. The molecule has 0 amide bonds. The molecule has 19 heavy (non-hydrogen) atoms. The van der Waals surface area contributed by atoms with E-state index in [0.717, 1.165) is 11.3 Å². The first-order chi connectivity index (χ1) is 8.94. The Balaban J connectivity index is 2.28. The Bertz CT molecular complexity index is 597. The maximum atomic E-state index is 11.7. The van der Waals surface area contributed by atoms with Crippen LogP contribution in [0.25, 0.3) is 11.4 Å². The summed E-state index contributed by atoms with van der Waals surface area (Å²) in [6.07, 6.45) is 0. The monoisotopic (exact) mass is 257 g/mol. The molecular weight excluding hydrogens is 238 g/mol. The van der Waals surface area contributed by atoms with Crippen LogP contribution in [0.4, 0.5) is 0 Å². The van der Waals surface area contributed by atoms with E-state index < -0.39 is 0 Å². The second-order valence-corrected chi connectivity index (χ2v) is 5.55. The zero-order chi connectivity index (χ0) is 13.9. The smallest absolute Gasteiger partial charge is 0.251 e. The normalized spacial score (nSPS) is 11.5. The lowest BCUT2D eigenvalue weighted by Gasteiger charge is -2.20. The minimum Gasteiger partial charge on any atom is -0.307 e. The second kappa shape index (κ2) is 5.36. The Morgan fingerprint density at radius 3 is 2.53 bits per heavy atom. The van der Waals surface area contributed by atoms with Crippen molar-refractivity contribution in [2.75, 3.05) is 0 Å². The van der Waals surface area contributed by atoms with Crippen molar-refractivity contribution in [3.63, 3.8) is 0 Å². The maximum absolute atomic E-state index is 11.7. The van der Waals surface area contributed by atoms with Crippen LogP contribution in [0.15, 0.2) is 41.2 Å². The van der Waals surface area contributed by atoms with Gasteiger partial charge in [-0.1, -0.05) is 30.3 Å². The molecule has 0 fully saturated rings. The molecule has 2 aromatic rings. The molecule has 0 aliphatic carbocycles. The molecule has 0 aliphatic heterocycles. The van der Waals surface area contributed by atoms with Gasteiger partial charge in [-0.15, -0.1) is 0 Å². The first-order valence-electron chi connectivity index (χ1n) is 6.35. The number of nitrogens with one attached hydrogen (secondary N) is 2. The number of benzene rings is 1. The van der Waals surface area contributed by atoms with Gasteiger partial charge in [-0.3, -0.25) is 4.79 Å². The third-order valence-electron chi connectivity index (χ3n) is 2.64. The molecule has 100 valence electrons. The summed E-state index contributed by atoms with van der Waals surface area (Å²) in [5.74, 6) is 0.610. The topological polar surface area (TPSA) is 57.8 Å². The van der Waals surface area contributed by atoms with E-state index in [1.54, 1.807) is 0 Å². The maximum Gasteiger partial charge on any atom is 0.251 e. The molecule has 0 radical (unpaired) electrons. The Morgan fingerprint density at radius 1 is 1.21 bits per heavy atom. The number of hydrogen-bond donors (Lipinski definition) is 2. The lowest BCUT2D eigenvalue weighted by atomic mass is 10.1. The van der Waals surface area contributed by atoms with Crippen molar-refractivity contribution >= 4 is 0 Å². The van der Waals surface area contributed by atoms with E-state index in [1.165, 1.54) is 6.07 Å². The summed E-state index contributed by atoms with van der Waals surface area (Å²) in [5.41, 5.74) is 1.53. The standard InChI is InChI=1S/C15H19N3O/c1-15(2,3)16-10-12-9-13(19)18-14(17-12)11-7-5-4-6-8-11/h4-9,16H,10H2,1-3H3,(H,17,18,19). The molecule has 1 aromatic heterocycles. The number of nitrogens with zero attached hydrogens (tertiary/aromatic N) is 1. The highest BCUT2D eigenvalue weighted by Crippen LogP contribution is 2.12. The average Bonchev–Trinajstić information content (AvgIpc) is 2.36. The summed E-state index contributed by atoms with van der Waals surface area (Å²) < 4.78 is 0. The minimum absolute atomic E-state index is 0.00278. The van der Waals surface area contributed by atoms with E-state index in [2.05, 4.69) is 36.1 Å². The quantitative estimate of drug-likeness (QED) is 0.887. The first-order valence-corrected chi connectivity index (χ1v) is 6.35. The number of hydrogen-bond acceptors (Lipinski definition) is 3. The number of aromatic amines is 1. The third-order valence-corrected chi connectivity index (χ3v) is 2.64. The Morgan fingerprint density at radius 2 is 1.89 bits per heavy atom. The molecule has 2 N–H and O–H groups in total. The van der Waals surface area contributed by atoms with E-state index in [1.807, 2.05) is 30.3 Å². The van der Waals surface area contributed by atoms with Crippen molar-refractivity contribution < 1.29 is 0 Å². The van der Waals surface area contributed by atoms with Gasteiger partial charge >= 0.3 is 0 Å². The van der Waals surface area contributed by atoms with Gasteiger partial charge < -0.3 is 10.3 Å². The largest absolute Gasteiger partial charge is 0.307 e. The van der Waals surface area contributed by atoms with Crippen LogP contribution in [0.3, 0.4) is 0 Å². The van der Waals surface area contributed by atoms with Crippen LogP contribution < -0.4 is 10.9 Å². The van der Waals surface area contributed by atoms with Gasteiger partial charge in [0.1, 0.15) is 5.82 Å². The molecule has 0 bridgehead atoms. The van der Waals surface area contributed by atoms with Gasteiger partial charge in [0.15, 0.2) is 0 Å². The van der Waals surface area contributed by atoms with Gasteiger partial charge in [0, 0.05) is 23.7 Å². The molecule has 4 heteroatoms. The Kier molecular flexibility index (Phi) is 3.81. The zero-order valence-electron chi connectivity index (χ0n) is 11.5. The molecule has 2 rings (SSSR count). The Hall–Kier alpha value is -1.94. The highest BCUT2D eigenvalue weighted by Gasteiger charge is 2.10. The molecule has 0 saturated heterocycles. The third kappa shape index (κ3) is 4.03. The molecule has 0 spiro atoms. The van der Waals surface area contributed by atoms with E-state index in [-0.39, 0.29) is 11.1 Å². The van der Waals surface area contributed by atoms with E-state index >= 15 is 0 Å². The lowest BCUT2D eigenvalue weighted by molar-refractivity contribution is 0.421. The van der Waals surface area contributed by atoms with E-state index in [0.29, 0.717) is 12.4 Å². The fourth-order valence-electron chi connectivity index (χ4n) is 1.69. The van der Waals surface area contributed by atoms with Crippen molar-refractivity contribution in [1.82, 2.24) is 15.3 Å². The zero-order valence-corrected chi connectivity index (χ0v) is 11.5. The highest BCUT2D eigenvalue weighted by atomic mass is 16.1. The van der Waals surface area contributed by atoms with Gasteiger partial charge in [0.05, 0.1) is 5.69 Å². The van der Waals surface area contributed by atoms with Crippen LogP contribution in [-0.4, -0.2) is 15.5 Å². The lowest BCUT2D eigenvalue weighted by Crippen LogP contribution is -2.35. The van der Waals surface area contributed by atoms with Crippen molar-refractivity contribution in [2.24, 2.45) is 0 Å². The molecule has 1 heterocycles. The predicted octanol–water partition coefficient (Wildman–Crippen LogP) is 2.33. The van der Waals surface area contributed by atoms with Crippen LogP contribution >= 0.6 is 0 Å². The minimum atomic E-state index is -0.125. The molecule has 0 unspecified atom stereocenters. The SMILES string of the molecule is CC(C)(C)NCc1cc(=O)[nH]c(-c2ccccc2)n1. The number of rotatable bonds is 3. The van der Waals surface area contributed by atoms with Gasteiger partial charge in [-0.05, 0) is 20.8 Å². The fraction of sp³-hybridized carbons (Fsp3) is 0.333. The van der Waals surface area contributed by atoms with Crippen molar-refractivity contribution in [2.45, 2.75) is 32.9 Å². The molecule has 0 aliphatic rings. The van der Waals surface area contributed by atoms with Crippen molar-refractivity contribution in [1.29, 1.82) is 0 Å². The van der Waals surface area contributed by atoms with Crippen molar-refractivity contribution in [3.05, 3.63) is 52.4 Å². The first kappa shape index (κ1) is 13.5. The summed E-state index contributed by atoms with van der Waals surface area (Å²) >= 11 is 0. The van der Waals surface area contributed by atoms with Crippen LogP contribution in [0, 0.1) is 0 Å². The Labute approximate surface area is 112 Å². The van der Waals surface area contributed by atoms with E-state index in [4.69, 9.17) is 0 Å². The molecular formula is C15H19N3O. The molecule has 1 aromatic carbocycles. The highest BCUT2D eigenvalue weighted by molar-refractivity contribution is 5.54. The second-order valence-electron chi connectivity index (χ2n) is 5.55. The fourth-order valence-corrected chi connectivity index (χ4v) is 1.69. The van der Waals surface area contributed by atoms with Crippen LogP contribution in [0.2, 0.25) is 0 Å². The van der Waals surface area contributed by atoms with Gasteiger partial charge in [0.25, 0.3) is 5.56 Å². The van der Waals surface area contributed by atoms with Crippen LogP contribution in [0.1, 0.15) is 26.5 Å². The van der Waals surface area contributed by atoms with Crippen LogP contribution in [-0.2, 0) is 6.54 Å². The molecule has 0 saturated carbocycles. The summed E-state index contributed by atoms with van der Waals surface area (Å²) in [7, 11) is 0. The summed E-state index contributed by atoms with van der Waals surface area (Å²) in [4.78, 5) is 18.9.